The largest absolute Gasteiger partial charge is 0.339 e. The molecule has 1 aliphatic heterocycles. The zero-order valence-corrected chi connectivity index (χ0v) is 14.9. The number of nitrogens with zero attached hydrogens (tertiary/aromatic N) is 3. The van der Waals surface area contributed by atoms with E-state index in [2.05, 4.69) is 27.5 Å². The highest BCUT2D eigenvalue weighted by Crippen LogP contribution is 2.17. The molecule has 8 heteroatoms. The van der Waals surface area contributed by atoms with Crippen LogP contribution in [0.2, 0.25) is 0 Å². The van der Waals surface area contributed by atoms with Crippen LogP contribution in [0.5, 0.6) is 0 Å². The summed E-state index contributed by atoms with van der Waals surface area (Å²) in [5.41, 5.74) is 1.51. The summed E-state index contributed by atoms with van der Waals surface area (Å²) in [5, 5.41) is 6.45. The van der Waals surface area contributed by atoms with Crippen LogP contribution in [0, 0.1) is 0 Å². The van der Waals surface area contributed by atoms with E-state index in [1.165, 1.54) is 0 Å². The summed E-state index contributed by atoms with van der Waals surface area (Å²) in [4.78, 5) is 22.8. The predicted octanol–water partition coefficient (Wildman–Crippen LogP) is 2.50. The Morgan fingerprint density at radius 3 is 2.88 bits per heavy atom. The highest BCUT2D eigenvalue weighted by molar-refractivity contribution is 5.95. The number of benzene rings is 1. The third kappa shape index (κ3) is 4.80. The Bertz CT molecular complexity index is 656. The van der Waals surface area contributed by atoms with Crippen molar-refractivity contribution < 1.29 is 4.79 Å². The summed E-state index contributed by atoms with van der Waals surface area (Å²) in [5.74, 6) is 0.722. The second-order valence-corrected chi connectivity index (χ2v) is 5.35. The monoisotopic (exact) mass is 369 g/mol. The highest BCUT2D eigenvalue weighted by atomic mass is 35.5. The molecular weight excluding hydrogens is 349 g/mol. The van der Waals surface area contributed by atoms with Gasteiger partial charge in [0.05, 0.1) is 6.20 Å². The summed E-state index contributed by atoms with van der Waals surface area (Å²) in [6.07, 6.45) is 4.89. The van der Waals surface area contributed by atoms with Gasteiger partial charge in [-0.3, -0.25) is 9.78 Å². The van der Waals surface area contributed by atoms with Crippen molar-refractivity contribution in [3.8, 4) is 0 Å². The molecule has 2 heterocycles. The molecule has 0 aliphatic carbocycles. The Morgan fingerprint density at radius 1 is 1.33 bits per heavy atom. The van der Waals surface area contributed by atoms with Gasteiger partial charge in [0.25, 0.3) is 5.91 Å². The van der Waals surface area contributed by atoms with Crippen molar-refractivity contribution in [1.82, 2.24) is 20.2 Å². The Labute approximate surface area is 153 Å². The minimum Gasteiger partial charge on any atom is -0.339 e. The van der Waals surface area contributed by atoms with Crippen LogP contribution in [0.15, 0.2) is 42.9 Å². The zero-order chi connectivity index (χ0) is 15.4. The summed E-state index contributed by atoms with van der Waals surface area (Å²) in [6.45, 7) is 4.48. The van der Waals surface area contributed by atoms with E-state index in [9.17, 15) is 4.79 Å². The number of halogens is 2. The lowest BCUT2D eigenvalue weighted by Crippen LogP contribution is -2.52. The molecule has 1 saturated heterocycles. The number of anilines is 2. The highest BCUT2D eigenvalue weighted by Gasteiger charge is 2.24. The topological polar surface area (TPSA) is 70.2 Å². The Kier molecular flexibility index (Phi) is 7.91. The second-order valence-electron chi connectivity index (χ2n) is 5.35. The van der Waals surface area contributed by atoms with E-state index < -0.39 is 0 Å². The van der Waals surface area contributed by atoms with Crippen molar-refractivity contribution in [3.63, 3.8) is 0 Å². The van der Waals surface area contributed by atoms with E-state index >= 15 is 0 Å². The Balaban J connectivity index is 0.00000144. The molecule has 2 N–H and O–H groups in total. The van der Waals surface area contributed by atoms with Gasteiger partial charge >= 0.3 is 0 Å². The molecule has 0 unspecified atom stereocenters. The van der Waals surface area contributed by atoms with Crippen LogP contribution in [0.1, 0.15) is 17.3 Å². The fourth-order valence-corrected chi connectivity index (χ4v) is 2.55. The van der Waals surface area contributed by atoms with Crippen LogP contribution in [-0.4, -0.2) is 46.5 Å². The number of carbonyl (C=O) groups is 1. The molecule has 3 rings (SSSR count). The van der Waals surface area contributed by atoms with E-state index in [1.807, 2.05) is 29.2 Å². The standard InChI is InChI=1S/C16H19N5O.2ClH/c1-12-10-18-7-8-21(12)16(22)13-3-2-4-14(9-13)20-15-11-17-5-6-19-15;;/h2-6,9,11-12,18H,7-8,10H2,1H3,(H,19,20);2*1H/t12-;;/m0../s1. The number of aromatic nitrogens is 2. The molecule has 1 aliphatic rings. The minimum atomic E-state index is 0. The number of nitrogens with one attached hydrogen (secondary N) is 2. The number of rotatable bonds is 3. The van der Waals surface area contributed by atoms with Gasteiger partial charge in [0, 0.05) is 49.3 Å². The third-order valence-corrected chi connectivity index (χ3v) is 3.71. The smallest absolute Gasteiger partial charge is 0.254 e. The lowest BCUT2D eigenvalue weighted by atomic mass is 10.1. The molecule has 2 aromatic rings. The fourth-order valence-electron chi connectivity index (χ4n) is 2.55. The molecule has 1 fully saturated rings. The summed E-state index contributed by atoms with van der Waals surface area (Å²) in [6, 6.07) is 7.69. The predicted molar refractivity (Wildman–Crippen MR) is 99.6 cm³/mol. The van der Waals surface area contributed by atoms with Crippen LogP contribution in [0.4, 0.5) is 11.5 Å². The molecule has 0 radical (unpaired) electrons. The summed E-state index contributed by atoms with van der Waals surface area (Å²) < 4.78 is 0. The molecule has 0 bridgehead atoms. The van der Waals surface area contributed by atoms with Gasteiger partial charge in [-0.25, -0.2) is 4.98 Å². The van der Waals surface area contributed by atoms with Crippen LogP contribution < -0.4 is 10.6 Å². The van der Waals surface area contributed by atoms with Gasteiger partial charge in [0.2, 0.25) is 0 Å². The normalized spacial score (nSPS) is 16.5. The van der Waals surface area contributed by atoms with Gasteiger partial charge in [-0.1, -0.05) is 6.07 Å². The number of carbonyl (C=O) groups excluding carboxylic acids is 1. The number of piperazine rings is 1. The lowest BCUT2D eigenvalue weighted by molar-refractivity contribution is 0.0656. The van der Waals surface area contributed by atoms with Crippen LogP contribution in [0.25, 0.3) is 0 Å². The Morgan fingerprint density at radius 2 is 2.17 bits per heavy atom. The molecule has 1 aromatic carbocycles. The van der Waals surface area contributed by atoms with Crippen molar-refractivity contribution in [1.29, 1.82) is 0 Å². The van der Waals surface area contributed by atoms with Gasteiger partial charge in [-0.05, 0) is 25.1 Å². The number of hydrogen-bond donors (Lipinski definition) is 2. The first kappa shape index (κ1) is 20.2. The quantitative estimate of drug-likeness (QED) is 0.869. The van der Waals surface area contributed by atoms with Gasteiger partial charge in [-0.15, -0.1) is 24.8 Å². The van der Waals surface area contributed by atoms with Gasteiger partial charge in [0.1, 0.15) is 5.82 Å². The molecule has 0 saturated carbocycles. The molecule has 1 atom stereocenters. The summed E-state index contributed by atoms with van der Waals surface area (Å²) in [7, 11) is 0. The van der Waals surface area contributed by atoms with Crippen LogP contribution in [-0.2, 0) is 0 Å². The molecular formula is C16H21Cl2N5O. The van der Waals surface area contributed by atoms with Crippen molar-refractivity contribution >= 4 is 42.2 Å². The molecule has 0 spiro atoms. The number of amides is 1. The first-order chi connectivity index (χ1) is 10.7. The van der Waals surface area contributed by atoms with Gasteiger partial charge in [0.15, 0.2) is 0 Å². The van der Waals surface area contributed by atoms with Crippen LogP contribution >= 0.6 is 24.8 Å². The first-order valence-corrected chi connectivity index (χ1v) is 7.39. The van der Waals surface area contributed by atoms with E-state index in [4.69, 9.17) is 0 Å². The van der Waals surface area contributed by atoms with Crippen LogP contribution in [0.3, 0.4) is 0 Å². The maximum atomic E-state index is 12.7. The van der Waals surface area contributed by atoms with Crippen molar-refractivity contribution in [2.45, 2.75) is 13.0 Å². The van der Waals surface area contributed by atoms with E-state index in [0.29, 0.717) is 11.4 Å². The average molecular weight is 370 g/mol. The molecule has 24 heavy (non-hydrogen) atoms. The van der Waals surface area contributed by atoms with Gasteiger partial charge in [-0.2, -0.15) is 0 Å². The molecule has 130 valence electrons. The first-order valence-electron chi connectivity index (χ1n) is 7.39. The summed E-state index contributed by atoms with van der Waals surface area (Å²) >= 11 is 0. The fraction of sp³-hybridized carbons (Fsp3) is 0.312. The van der Waals surface area contributed by atoms with Gasteiger partial charge < -0.3 is 15.5 Å². The minimum absolute atomic E-state index is 0. The van der Waals surface area contributed by atoms with Crippen molar-refractivity contribution in [2.75, 3.05) is 25.0 Å². The molecule has 6 nitrogen and oxygen atoms in total. The van der Waals surface area contributed by atoms with E-state index in [0.717, 1.165) is 25.3 Å². The third-order valence-electron chi connectivity index (χ3n) is 3.71. The lowest BCUT2D eigenvalue weighted by Gasteiger charge is -2.34. The second kappa shape index (κ2) is 9.42. The van der Waals surface area contributed by atoms with Crippen molar-refractivity contribution in [3.05, 3.63) is 48.4 Å². The molecule has 1 aromatic heterocycles. The van der Waals surface area contributed by atoms with Crippen molar-refractivity contribution in [2.24, 2.45) is 0 Å². The maximum Gasteiger partial charge on any atom is 0.254 e. The average Bonchev–Trinajstić information content (AvgIpc) is 2.56. The van der Waals surface area contributed by atoms with E-state index in [1.54, 1.807) is 18.6 Å². The zero-order valence-electron chi connectivity index (χ0n) is 13.3. The maximum absolute atomic E-state index is 12.7. The SMILES string of the molecule is C[C@H]1CNCCN1C(=O)c1cccc(Nc2cnccn2)c1.Cl.Cl. The van der Waals surface area contributed by atoms with E-state index in [-0.39, 0.29) is 36.8 Å². The molecule has 1 amide bonds. The Hall–Kier alpha value is -1.89. The number of hydrogen-bond acceptors (Lipinski definition) is 5.